The van der Waals surface area contributed by atoms with Gasteiger partial charge in [0, 0.05) is 12.6 Å². The van der Waals surface area contributed by atoms with Crippen molar-refractivity contribution in [2.24, 2.45) is 12.5 Å². The number of nitrogens with zero attached hydrogens (tertiary/aromatic N) is 4. The van der Waals surface area contributed by atoms with Crippen LogP contribution in [0, 0.1) is 5.41 Å². The van der Waals surface area contributed by atoms with E-state index in [0.29, 0.717) is 0 Å². The van der Waals surface area contributed by atoms with E-state index in [4.69, 9.17) is 11.6 Å². The molecule has 5 nitrogen and oxygen atoms in total. The van der Waals surface area contributed by atoms with Crippen molar-refractivity contribution in [1.29, 1.82) is 0 Å². The van der Waals surface area contributed by atoms with Crippen molar-refractivity contribution in [2.75, 3.05) is 5.32 Å². The first-order chi connectivity index (χ1) is 9.07. The molecule has 0 spiro atoms. The van der Waals surface area contributed by atoms with Gasteiger partial charge in [-0.05, 0) is 37.3 Å². The van der Waals surface area contributed by atoms with Crippen LogP contribution in [0.15, 0.2) is 6.20 Å². The summed E-state index contributed by atoms with van der Waals surface area (Å²) in [5.74, 6) is 0.738. The minimum Gasteiger partial charge on any atom is -0.364 e. The predicted octanol–water partition coefficient (Wildman–Crippen LogP) is 3.64. The highest BCUT2D eigenvalue weighted by Crippen LogP contribution is 2.31. The SMILES string of the molecule is Cn1ncc2c(NC(C)(C)CC(C)(C)C)nc(Cl)nc21. The Bertz CT molecular complexity index is 624. The number of nitrogens with one attached hydrogen (secondary N) is 1. The minimum absolute atomic E-state index is 0.0985. The molecule has 2 heterocycles. The van der Waals surface area contributed by atoms with E-state index in [1.165, 1.54) is 0 Å². The Morgan fingerprint density at radius 3 is 2.45 bits per heavy atom. The first-order valence-electron chi connectivity index (χ1n) is 6.71. The van der Waals surface area contributed by atoms with Crippen LogP contribution < -0.4 is 5.32 Å². The van der Waals surface area contributed by atoms with Crippen molar-refractivity contribution in [3.8, 4) is 0 Å². The maximum absolute atomic E-state index is 6.01. The molecule has 2 aromatic rings. The first-order valence-corrected chi connectivity index (χ1v) is 7.09. The highest BCUT2D eigenvalue weighted by Gasteiger charge is 2.26. The molecule has 0 atom stereocenters. The van der Waals surface area contributed by atoms with E-state index in [0.717, 1.165) is 23.3 Å². The Morgan fingerprint density at radius 2 is 1.85 bits per heavy atom. The zero-order chi connectivity index (χ0) is 15.1. The van der Waals surface area contributed by atoms with Crippen molar-refractivity contribution in [3.05, 3.63) is 11.5 Å². The van der Waals surface area contributed by atoms with Gasteiger partial charge in [0.25, 0.3) is 0 Å². The average Bonchev–Trinajstić information content (AvgIpc) is 2.56. The summed E-state index contributed by atoms with van der Waals surface area (Å²) in [5, 5.41) is 8.82. The molecule has 0 amide bonds. The molecule has 2 rings (SSSR count). The lowest BCUT2D eigenvalue weighted by atomic mass is 9.82. The number of rotatable bonds is 3. The van der Waals surface area contributed by atoms with Crippen molar-refractivity contribution < 1.29 is 0 Å². The molecule has 0 aliphatic heterocycles. The van der Waals surface area contributed by atoms with Crippen LogP contribution in [0.3, 0.4) is 0 Å². The Balaban J connectivity index is 2.38. The second-order valence-electron chi connectivity index (χ2n) is 7.09. The highest BCUT2D eigenvalue weighted by molar-refractivity contribution is 6.28. The smallest absolute Gasteiger partial charge is 0.226 e. The maximum Gasteiger partial charge on any atom is 0.226 e. The molecule has 0 saturated carbocycles. The molecule has 0 radical (unpaired) electrons. The van der Waals surface area contributed by atoms with Gasteiger partial charge in [0.1, 0.15) is 5.82 Å². The summed E-state index contributed by atoms with van der Waals surface area (Å²) in [6, 6.07) is 0. The molecule has 2 aromatic heterocycles. The van der Waals surface area contributed by atoms with Crippen LogP contribution in [0.5, 0.6) is 0 Å². The van der Waals surface area contributed by atoms with E-state index in [1.807, 2.05) is 7.05 Å². The van der Waals surface area contributed by atoms with E-state index in [-0.39, 0.29) is 16.2 Å². The van der Waals surface area contributed by atoms with Gasteiger partial charge in [0.05, 0.1) is 11.6 Å². The third-order valence-electron chi connectivity index (χ3n) is 2.99. The van der Waals surface area contributed by atoms with Gasteiger partial charge in [-0.25, -0.2) is 0 Å². The normalized spacial score (nSPS) is 12.9. The number of hydrogen-bond donors (Lipinski definition) is 1. The Kier molecular flexibility index (Phi) is 3.67. The van der Waals surface area contributed by atoms with Crippen molar-refractivity contribution in [1.82, 2.24) is 19.7 Å². The molecule has 0 unspecified atom stereocenters. The largest absolute Gasteiger partial charge is 0.364 e. The van der Waals surface area contributed by atoms with Crippen LogP contribution in [0.25, 0.3) is 11.0 Å². The number of aryl methyl sites for hydroxylation is 1. The van der Waals surface area contributed by atoms with Crippen LogP contribution in [-0.2, 0) is 7.05 Å². The zero-order valence-electron chi connectivity index (χ0n) is 13.0. The van der Waals surface area contributed by atoms with Gasteiger partial charge in [-0.2, -0.15) is 15.1 Å². The second-order valence-corrected chi connectivity index (χ2v) is 7.43. The van der Waals surface area contributed by atoms with Crippen LogP contribution in [-0.4, -0.2) is 25.3 Å². The summed E-state index contributed by atoms with van der Waals surface area (Å²) in [6.07, 6.45) is 2.77. The molecule has 0 saturated heterocycles. The predicted molar refractivity (Wildman–Crippen MR) is 83.1 cm³/mol. The molecule has 0 aromatic carbocycles. The van der Waals surface area contributed by atoms with Gasteiger partial charge < -0.3 is 5.32 Å². The summed E-state index contributed by atoms with van der Waals surface area (Å²) in [4.78, 5) is 8.53. The monoisotopic (exact) mass is 295 g/mol. The summed E-state index contributed by atoms with van der Waals surface area (Å²) in [6.45, 7) is 11.0. The minimum atomic E-state index is -0.0985. The van der Waals surface area contributed by atoms with E-state index in [1.54, 1.807) is 10.9 Å². The number of fused-ring (bicyclic) bond motifs is 1. The summed E-state index contributed by atoms with van der Waals surface area (Å²) < 4.78 is 1.70. The molecule has 1 N–H and O–H groups in total. The highest BCUT2D eigenvalue weighted by atomic mass is 35.5. The third-order valence-corrected chi connectivity index (χ3v) is 3.16. The van der Waals surface area contributed by atoms with Crippen molar-refractivity contribution in [3.63, 3.8) is 0 Å². The fraction of sp³-hybridized carbons (Fsp3) is 0.643. The Hall–Kier alpha value is -1.36. The Labute approximate surface area is 124 Å². The standard InChI is InChI=1S/C14H22ClN5/c1-13(2,3)8-14(4,5)19-10-9-7-16-20(6)11(9)18-12(15)17-10/h7H,8H2,1-6H3,(H,17,18,19). The molecular formula is C14H22ClN5. The van der Waals surface area contributed by atoms with Crippen LogP contribution >= 0.6 is 11.6 Å². The van der Waals surface area contributed by atoms with E-state index >= 15 is 0 Å². The first kappa shape index (κ1) is 15.0. The molecular weight excluding hydrogens is 274 g/mol. The van der Waals surface area contributed by atoms with Gasteiger partial charge in [-0.1, -0.05) is 20.8 Å². The van der Waals surface area contributed by atoms with Crippen molar-refractivity contribution in [2.45, 2.75) is 46.6 Å². The van der Waals surface area contributed by atoms with Gasteiger partial charge in [0.2, 0.25) is 5.28 Å². The molecule has 0 aliphatic rings. The quantitative estimate of drug-likeness (QED) is 0.878. The van der Waals surface area contributed by atoms with Gasteiger partial charge >= 0.3 is 0 Å². The Morgan fingerprint density at radius 1 is 1.20 bits per heavy atom. The number of halogens is 1. The molecule has 20 heavy (non-hydrogen) atoms. The summed E-state index contributed by atoms with van der Waals surface area (Å²) in [7, 11) is 1.84. The fourth-order valence-corrected chi connectivity index (χ4v) is 2.95. The summed E-state index contributed by atoms with van der Waals surface area (Å²) in [5.41, 5.74) is 0.860. The summed E-state index contributed by atoms with van der Waals surface area (Å²) >= 11 is 6.01. The molecule has 0 fully saturated rings. The second kappa shape index (κ2) is 4.88. The lowest BCUT2D eigenvalue weighted by Gasteiger charge is -2.33. The van der Waals surface area contributed by atoms with Gasteiger partial charge in [0.15, 0.2) is 5.65 Å². The molecule has 110 valence electrons. The lowest BCUT2D eigenvalue weighted by Crippen LogP contribution is -2.35. The fourth-order valence-electron chi connectivity index (χ4n) is 2.78. The number of aromatic nitrogens is 4. The van der Waals surface area contributed by atoms with Gasteiger partial charge in [-0.3, -0.25) is 4.68 Å². The van der Waals surface area contributed by atoms with Crippen LogP contribution in [0.2, 0.25) is 5.28 Å². The molecule has 6 heteroatoms. The third kappa shape index (κ3) is 3.39. The van der Waals surface area contributed by atoms with Gasteiger partial charge in [-0.15, -0.1) is 0 Å². The van der Waals surface area contributed by atoms with Crippen LogP contribution in [0.1, 0.15) is 41.0 Å². The van der Waals surface area contributed by atoms with E-state index in [2.05, 4.69) is 55.0 Å². The molecule has 0 bridgehead atoms. The number of anilines is 1. The molecule has 0 aliphatic carbocycles. The number of hydrogen-bond acceptors (Lipinski definition) is 4. The topological polar surface area (TPSA) is 55.6 Å². The maximum atomic E-state index is 6.01. The van der Waals surface area contributed by atoms with E-state index < -0.39 is 0 Å². The van der Waals surface area contributed by atoms with E-state index in [9.17, 15) is 0 Å². The average molecular weight is 296 g/mol. The lowest BCUT2D eigenvalue weighted by molar-refractivity contribution is 0.302. The zero-order valence-corrected chi connectivity index (χ0v) is 13.7. The van der Waals surface area contributed by atoms with Crippen LogP contribution in [0.4, 0.5) is 5.82 Å². The van der Waals surface area contributed by atoms with Crippen molar-refractivity contribution >= 4 is 28.5 Å².